The van der Waals surface area contributed by atoms with E-state index in [9.17, 15) is 4.79 Å². The lowest BCUT2D eigenvalue weighted by atomic mass is 10.2. The lowest BCUT2D eigenvalue weighted by molar-refractivity contribution is 0.0695. The van der Waals surface area contributed by atoms with Crippen molar-refractivity contribution < 1.29 is 9.90 Å². The Morgan fingerprint density at radius 2 is 2.14 bits per heavy atom. The summed E-state index contributed by atoms with van der Waals surface area (Å²) in [6, 6.07) is 4.18. The van der Waals surface area contributed by atoms with Gasteiger partial charge in [-0.2, -0.15) is 5.10 Å². The predicted molar refractivity (Wildman–Crippen MR) is 88.2 cm³/mol. The number of carboxylic acid groups (broad SMARTS) is 1. The largest absolute Gasteiger partial charge is 0.478 e. The van der Waals surface area contributed by atoms with Crippen LogP contribution in [0.1, 0.15) is 40.4 Å². The second kappa shape index (κ2) is 5.08. The molecule has 6 nitrogen and oxygen atoms in total. The molecule has 0 saturated heterocycles. The maximum atomic E-state index is 11.1. The van der Waals surface area contributed by atoms with Crippen molar-refractivity contribution in [3.63, 3.8) is 0 Å². The SMILES string of the molecule is O=C(O)c1cn(Cc2cn3cc(C4CC4)ccc3n2)nc1I. The van der Waals surface area contributed by atoms with E-state index in [2.05, 4.69) is 22.3 Å². The minimum absolute atomic E-state index is 0.223. The highest BCUT2D eigenvalue weighted by Crippen LogP contribution is 2.39. The number of aromatic carboxylic acids is 1. The molecule has 1 saturated carbocycles. The third-order valence-electron chi connectivity index (χ3n) is 3.84. The topological polar surface area (TPSA) is 72.4 Å². The van der Waals surface area contributed by atoms with Gasteiger partial charge in [0.1, 0.15) is 14.9 Å². The molecule has 1 fully saturated rings. The molecule has 1 N–H and O–H groups in total. The molecule has 3 aromatic rings. The van der Waals surface area contributed by atoms with Crippen molar-refractivity contribution in [1.82, 2.24) is 19.2 Å². The Kier molecular flexibility index (Phi) is 3.17. The highest BCUT2D eigenvalue weighted by molar-refractivity contribution is 14.1. The summed E-state index contributed by atoms with van der Waals surface area (Å²) in [5.41, 5.74) is 3.35. The van der Waals surface area contributed by atoms with Crippen molar-refractivity contribution in [3.05, 3.63) is 51.2 Å². The van der Waals surface area contributed by atoms with Crippen molar-refractivity contribution in [2.45, 2.75) is 25.3 Å². The molecular formula is C15H13IN4O2. The first-order valence-electron chi connectivity index (χ1n) is 7.04. The van der Waals surface area contributed by atoms with Crippen molar-refractivity contribution >= 4 is 34.2 Å². The Labute approximate surface area is 139 Å². The van der Waals surface area contributed by atoms with Crippen LogP contribution < -0.4 is 0 Å². The summed E-state index contributed by atoms with van der Waals surface area (Å²) >= 11 is 1.93. The van der Waals surface area contributed by atoms with Crippen molar-refractivity contribution in [1.29, 1.82) is 0 Å². The molecule has 0 aromatic carbocycles. The first kappa shape index (κ1) is 13.7. The van der Waals surface area contributed by atoms with Gasteiger partial charge in [0.05, 0.1) is 12.2 Å². The van der Waals surface area contributed by atoms with E-state index in [0.717, 1.165) is 11.3 Å². The number of hydrogen-bond donors (Lipinski definition) is 1. The zero-order chi connectivity index (χ0) is 15.3. The first-order chi connectivity index (χ1) is 10.6. The van der Waals surface area contributed by atoms with Crippen LogP contribution in [-0.4, -0.2) is 30.2 Å². The zero-order valence-corrected chi connectivity index (χ0v) is 13.8. The molecular weight excluding hydrogens is 395 g/mol. The van der Waals surface area contributed by atoms with E-state index in [1.165, 1.54) is 18.4 Å². The summed E-state index contributed by atoms with van der Waals surface area (Å²) < 4.78 is 4.15. The van der Waals surface area contributed by atoms with E-state index in [0.29, 0.717) is 16.2 Å². The van der Waals surface area contributed by atoms with Crippen LogP contribution in [-0.2, 0) is 6.54 Å². The second-order valence-electron chi connectivity index (χ2n) is 5.57. The molecule has 0 amide bonds. The fourth-order valence-electron chi connectivity index (χ4n) is 2.58. The van der Waals surface area contributed by atoms with Gasteiger partial charge in [-0.1, -0.05) is 6.07 Å². The van der Waals surface area contributed by atoms with Gasteiger partial charge in [0.2, 0.25) is 0 Å². The molecule has 1 aliphatic rings. The molecule has 0 unspecified atom stereocenters. The van der Waals surface area contributed by atoms with E-state index < -0.39 is 5.97 Å². The van der Waals surface area contributed by atoms with Crippen LogP contribution in [0, 0.1) is 3.70 Å². The molecule has 3 heterocycles. The van der Waals surface area contributed by atoms with Crippen LogP contribution in [0.5, 0.6) is 0 Å². The van der Waals surface area contributed by atoms with Gasteiger partial charge in [-0.3, -0.25) is 4.68 Å². The Hall–Kier alpha value is -1.90. The Balaban J connectivity index is 1.63. The monoisotopic (exact) mass is 408 g/mol. The second-order valence-corrected chi connectivity index (χ2v) is 6.59. The third kappa shape index (κ3) is 2.49. The van der Waals surface area contributed by atoms with E-state index >= 15 is 0 Å². The average Bonchev–Trinajstić information content (AvgIpc) is 3.14. The molecule has 3 aromatic heterocycles. The number of hydrogen-bond acceptors (Lipinski definition) is 3. The van der Waals surface area contributed by atoms with Gasteiger partial charge in [0.15, 0.2) is 0 Å². The van der Waals surface area contributed by atoms with Crippen LogP contribution >= 0.6 is 22.6 Å². The number of carboxylic acids is 1. The van der Waals surface area contributed by atoms with Crippen LogP contribution in [0.15, 0.2) is 30.7 Å². The fraction of sp³-hybridized carbons (Fsp3) is 0.267. The molecule has 0 aliphatic heterocycles. The van der Waals surface area contributed by atoms with Gasteiger partial charge < -0.3 is 9.51 Å². The highest BCUT2D eigenvalue weighted by atomic mass is 127. The van der Waals surface area contributed by atoms with Crippen molar-refractivity contribution in [2.75, 3.05) is 0 Å². The lowest BCUT2D eigenvalue weighted by Crippen LogP contribution is -2.00. The summed E-state index contributed by atoms with van der Waals surface area (Å²) in [6.45, 7) is 0.462. The summed E-state index contributed by atoms with van der Waals surface area (Å²) in [7, 11) is 0. The third-order valence-corrected chi connectivity index (χ3v) is 4.64. The number of pyridine rings is 1. The molecule has 0 radical (unpaired) electrons. The number of rotatable bonds is 4. The Morgan fingerprint density at radius 1 is 1.32 bits per heavy atom. The Morgan fingerprint density at radius 3 is 2.82 bits per heavy atom. The molecule has 0 bridgehead atoms. The van der Waals surface area contributed by atoms with Crippen LogP contribution in [0.4, 0.5) is 0 Å². The van der Waals surface area contributed by atoms with Crippen LogP contribution in [0.25, 0.3) is 5.65 Å². The van der Waals surface area contributed by atoms with E-state index in [-0.39, 0.29) is 5.56 Å². The Bertz CT molecular complexity index is 879. The zero-order valence-electron chi connectivity index (χ0n) is 11.6. The molecule has 0 spiro atoms. The summed E-state index contributed by atoms with van der Waals surface area (Å²) in [5, 5.41) is 13.3. The first-order valence-corrected chi connectivity index (χ1v) is 8.12. The summed E-state index contributed by atoms with van der Waals surface area (Å²) in [5.74, 6) is -0.249. The maximum absolute atomic E-state index is 11.1. The van der Waals surface area contributed by atoms with Gasteiger partial charge in [-0.25, -0.2) is 9.78 Å². The molecule has 1 aliphatic carbocycles. The molecule has 4 rings (SSSR count). The number of carbonyl (C=O) groups is 1. The predicted octanol–water partition coefficient (Wildman–Crippen LogP) is 2.76. The van der Waals surface area contributed by atoms with E-state index in [4.69, 9.17) is 5.11 Å². The molecule has 22 heavy (non-hydrogen) atoms. The minimum atomic E-state index is -0.959. The van der Waals surface area contributed by atoms with Gasteiger partial charge >= 0.3 is 5.97 Å². The van der Waals surface area contributed by atoms with Crippen LogP contribution in [0.2, 0.25) is 0 Å². The van der Waals surface area contributed by atoms with E-state index in [1.54, 1.807) is 10.9 Å². The average molecular weight is 408 g/mol. The summed E-state index contributed by atoms with van der Waals surface area (Å²) in [6.07, 6.45) is 8.21. The van der Waals surface area contributed by atoms with Crippen molar-refractivity contribution in [3.8, 4) is 0 Å². The minimum Gasteiger partial charge on any atom is -0.478 e. The van der Waals surface area contributed by atoms with Crippen LogP contribution in [0.3, 0.4) is 0 Å². The van der Waals surface area contributed by atoms with Gasteiger partial charge in [0, 0.05) is 18.6 Å². The number of nitrogens with zero attached hydrogens (tertiary/aromatic N) is 4. The maximum Gasteiger partial charge on any atom is 0.340 e. The number of fused-ring (bicyclic) bond motifs is 1. The van der Waals surface area contributed by atoms with Gasteiger partial charge in [-0.15, -0.1) is 0 Å². The smallest absolute Gasteiger partial charge is 0.340 e. The van der Waals surface area contributed by atoms with Gasteiger partial charge in [-0.05, 0) is 53.0 Å². The van der Waals surface area contributed by atoms with Crippen molar-refractivity contribution in [2.24, 2.45) is 0 Å². The highest BCUT2D eigenvalue weighted by Gasteiger charge is 2.23. The quantitative estimate of drug-likeness (QED) is 0.674. The van der Waals surface area contributed by atoms with E-state index in [1.807, 2.05) is 39.3 Å². The normalized spacial score (nSPS) is 14.6. The molecule has 0 atom stereocenters. The number of aromatic nitrogens is 4. The number of halogens is 1. The fourth-order valence-corrected chi connectivity index (χ4v) is 3.23. The standard InChI is InChI=1S/C15H13IN4O2/c16-14-12(15(21)22)8-20(18-14)7-11-6-19-5-10(9-1-2-9)3-4-13(19)17-11/h3-6,8-9H,1-2,7H2,(H,21,22). The number of imidazole rings is 1. The molecule has 112 valence electrons. The van der Waals surface area contributed by atoms with Gasteiger partial charge in [0.25, 0.3) is 0 Å². The molecule has 7 heteroatoms. The summed E-state index contributed by atoms with van der Waals surface area (Å²) in [4.78, 5) is 15.6. The lowest BCUT2D eigenvalue weighted by Gasteiger charge is -1.98.